The van der Waals surface area contributed by atoms with E-state index in [1.54, 1.807) is 23.1 Å². The number of benzene rings is 3. The van der Waals surface area contributed by atoms with Crippen molar-refractivity contribution in [2.24, 2.45) is 0 Å². The molecule has 3 aromatic carbocycles. The van der Waals surface area contributed by atoms with Crippen molar-refractivity contribution >= 4 is 23.4 Å². The SMILES string of the molecule is O=C(NCCc1ccccc1)[C@@H]1c2ccccc2C(=O)N([C@@H]2CCCC[C@H]2O)[C@H]1c1ccc(Cl)cc1. The number of nitrogens with zero attached hydrogens (tertiary/aromatic N) is 1. The summed E-state index contributed by atoms with van der Waals surface area (Å²) >= 11 is 6.19. The molecule has 0 saturated heterocycles. The first kappa shape index (κ1) is 24.5. The van der Waals surface area contributed by atoms with Crippen molar-refractivity contribution in [1.82, 2.24) is 10.2 Å². The van der Waals surface area contributed by atoms with Gasteiger partial charge in [0.25, 0.3) is 5.91 Å². The molecule has 0 bridgehead atoms. The number of aliphatic hydroxyl groups is 1. The summed E-state index contributed by atoms with van der Waals surface area (Å²) in [6.45, 7) is 0.495. The van der Waals surface area contributed by atoms with Crippen LogP contribution >= 0.6 is 11.6 Å². The zero-order valence-electron chi connectivity index (χ0n) is 20.1. The van der Waals surface area contributed by atoms with E-state index in [0.717, 1.165) is 36.0 Å². The van der Waals surface area contributed by atoms with Crippen molar-refractivity contribution < 1.29 is 14.7 Å². The Kier molecular flexibility index (Phi) is 7.40. The van der Waals surface area contributed by atoms with Crippen LogP contribution in [0.4, 0.5) is 0 Å². The fourth-order valence-electron chi connectivity index (χ4n) is 5.71. The fraction of sp³-hybridized carbons (Fsp3) is 0.333. The van der Waals surface area contributed by atoms with Crippen molar-refractivity contribution in [1.29, 1.82) is 0 Å². The van der Waals surface area contributed by atoms with Gasteiger partial charge in [0.1, 0.15) is 0 Å². The lowest BCUT2D eigenvalue weighted by Crippen LogP contribution is -2.55. The molecular formula is C30H31ClN2O3. The van der Waals surface area contributed by atoms with Crippen LogP contribution in [0.2, 0.25) is 5.02 Å². The first-order valence-corrected chi connectivity index (χ1v) is 13.1. The normalized spacial score (nSPS) is 23.7. The molecule has 1 heterocycles. The molecule has 2 aliphatic rings. The summed E-state index contributed by atoms with van der Waals surface area (Å²) in [6, 6.07) is 23.9. The third kappa shape index (κ3) is 4.91. The second-order valence-electron chi connectivity index (χ2n) is 9.72. The minimum atomic E-state index is -0.621. The monoisotopic (exact) mass is 502 g/mol. The molecule has 0 radical (unpaired) electrons. The summed E-state index contributed by atoms with van der Waals surface area (Å²) in [7, 11) is 0. The maximum absolute atomic E-state index is 13.9. The second-order valence-corrected chi connectivity index (χ2v) is 10.2. The van der Waals surface area contributed by atoms with E-state index in [2.05, 4.69) is 5.32 Å². The molecule has 3 aromatic rings. The highest BCUT2D eigenvalue weighted by Crippen LogP contribution is 2.46. The molecule has 0 unspecified atom stereocenters. The van der Waals surface area contributed by atoms with E-state index >= 15 is 0 Å². The largest absolute Gasteiger partial charge is 0.391 e. The summed E-state index contributed by atoms with van der Waals surface area (Å²) < 4.78 is 0. The van der Waals surface area contributed by atoms with Gasteiger partial charge < -0.3 is 15.3 Å². The molecular weight excluding hydrogens is 472 g/mol. The Morgan fingerprint density at radius 2 is 1.64 bits per heavy atom. The maximum atomic E-state index is 13.9. The number of hydrogen-bond donors (Lipinski definition) is 2. The molecule has 0 spiro atoms. The average Bonchev–Trinajstić information content (AvgIpc) is 2.90. The molecule has 5 nitrogen and oxygen atoms in total. The Labute approximate surface area is 217 Å². The highest BCUT2D eigenvalue weighted by molar-refractivity contribution is 6.30. The van der Waals surface area contributed by atoms with Gasteiger partial charge in [-0.3, -0.25) is 9.59 Å². The van der Waals surface area contributed by atoms with Crippen molar-refractivity contribution in [2.45, 2.75) is 56.2 Å². The lowest BCUT2D eigenvalue weighted by atomic mass is 9.76. The maximum Gasteiger partial charge on any atom is 0.255 e. The minimum Gasteiger partial charge on any atom is -0.391 e. The van der Waals surface area contributed by atoms with Gasteiger partial charge in [0.15, 0.2) is 0 Å². The lowest BCUT2D eigenvalue weighted by molar-refractivity contribution is -0.125. The van der Waals surface area contributed by atoms with Crippen molar-refractivity contribution in [3.63, 3.8) is 0 Å². The third-order valence-corrected chi connectivity index (χ3v) is 7.73. The van der Waals surface area contributed by atoms with Gasteiger partial charge in [0.05, 0.1) is 24.1 Å². The minimum absolute atomic E-state index is 0.124. The van der Waals surface area contributed by atoms with E-state index in [-0.39, 0.29) is 17.9 Å². The number of fused-ring (bicyclic) bond motifs is 1. The Bertz CT molecular complexity index is 1210. The van der Waals surface area contributed by atoms with Gasteiger partial charge in [-0.05, 0) is 54.2 Å². The average molecular weight is 503 g/mol. The molecule has 186 valence electrons. The van der Waals surface area contributed by atoms with Gasteiger partial charge in [-0.2, -0.15) is 0 Å². The molecule has 1 fully saturated rings. The van der Waals surface area contributed by atoms with Crippen LogP contribution in [-0.2, 0) is 11.2 Å². The Balaban J connectivity index is 1.54. The molecule has 2 N–H and O–H groups in total. The molecule has 4 atom stereocenters. The van der Waals surface area contributed by atoms with Crippen LogP contribution in [0.25, 0.3) is 0 Å². The summed E-state index contributed by atoms with van der Waals surface area (Å²) in [5, 5.41) is 14.7. The van der Waals surface area contributed by atoms with E-state index in [0.29, 0.717) is 30.0 Å². The predicted molar refractivity (Wildman–Crippen MR) is 141 cm³/mol. The molecule has 1 aliphatic carbocycles. The molecule has 1 saturated carbocycles. The van der Waals surface area contributed by atoms with Crippen LogP contribution in [0.3, 0.4) is 0 Å². The van der Waals surface area contributed by atoms with Gasteiger partial charge >= 0.3 is 0 Å². The first-order chi connectivity index (χ1) is 17.5. The summed E-state index contributed by atoms with van der Waals surface area (Å²) in [5.74, 6) is -0.865. The van der Waals surface area contributed by atoms with Crippen molar-refractivity contribution in [2.75, 3.05) is 6.54 Å². The van der Waals surface area contributed by atoms with Crippen LogP contribution in [0.1, 0.15) is 64.7 Å². The van der Waals surface area contributed by atoms with Gasteiger partial charge in [0.2, 0.25) is 5.91 Å². The number of halogens is 1. The van der Waals surface area contributed by atoms with Gasteiger partial charge in [-0.1, -0.05) is 85.1 Å². The van der Waals surface area contributed by atoms with Crippen molar-refractivity contribution in [3.8, 4) is 0 Å². The zero-order valence-corrected chi connectivity index (χ0v) is 20.9. The smallest absolute Gasteiger partial charge is 0.255 e. The van der Waals surface area contributed by atoms with Gasteiger partial charge in [-0.15, -0.1) is 0 Å². The van der Waals surface area contributed by atoms with Crippen LogP contribution in [0.5, 0.6) is 0 Å². The third-order valence-electron chi connectivity index (χ3n) is 7.48. The molecule has 6 heteroatoms. The highest BCUT2D eigenvalue weighted by atomic mass is 35.5. The van der Waals surface area contributed by atoms with E-state index in [1.165, 1.54) is 0 Å². The van der Waals surface area contributed by atoms with Crippen molar-refractivity contribution in [3.05, 3.63) is 106 Å². The van der Waals surface area contributed by atoms with E-state index < -0.39 is 18.1 Å². The summed E-state index contributed by atoms with van der Waals surface area (Å²) in [4.78, 5) is 29.6. The summed E-state index contributed by atoms with van der Waals surface area (Å²) in [5.41, 5.74) is 3.24. The van der Waals surface area contributed by atoms with Crippen LogP contribution in [0.15, 0.2) is 78.9 Å². The Morgan fingerprint density at radius 3 is 2.39 bits per heavy atom. The van der Waals surface area contributed by atoms with Crippen LogP contribution < -0.4 is 5.32 Å². The molecule has 5 rings (SSSR count). The molecule has 1 aliphatic heterocycles. The molecule has 36 heavy (non-hydrogen) atoms. The molecule has 2 amide bonds. The Hall–Kier alpha value is -3.15. The quantitative estimate of drug-likeness (QED) is 0.481. The second kappa shape index (κ2) is 10.9. The predicted octanol–water partition coefficient (Wildman–Crippen LogP) is 5.28. The summed E-state index contributed by atoms with van der Waals surface area (Å²) in [6.07, 6.45) is 3.33. The van der Waals surface area contributed by atoms with E-state index in [1.807, 2.05) is 60.7 Å². The molecule has 0 aromatic heterocycles. The topological polar surface area (TPSA) is 69.6 Å². The standard InChI is InChI=1S/C30H31ClN2O3/c31-22-16-14-21(15-17-22)28-27(29(35)32-19-18-20-8-2-1-3-9-20)23-10-4-5-11-24(23)30(36)33(28)25-12-6-7-13-26(25)34/h1-5,8-11,14-17,25-28,34H,6-7,12-13,18-19H2,(H,32,35)/t25-,26-,27-,28+/m1/s1. The number of carbonyl (C=O) groups is 2. The first-order valence-electron chi connectivity index (χ1n) is 12.7. The fourth-order valence-corrected chi connectivity index (χ4v) is 5.84. The van der Waals surface area contributed by atoms with Gasteiger partial charge in [-0.25, -0.2) is 0 Å². The number of rotatable bonds is 6. The number of hydrogen-bond acceptors (Lipinski definition) is 3. The highest BCUT2D eigenvalue weighted by Gasteiger charge is 2.48. The number of amides is 2. The van der Waals surface area contributed by atoms with Crippen LogP contribution in [0, 0.1) is 0 Å². The number of carbonyl (C=O) groups excluding carboxylic acids is 2. The lowest BCUT2D eigenvalue weighted by Gasteiger charge is -2.48. The van der Waals surface area contributed by atoms with E-state index in [4.69, 9.17) is 11.6 Å². The Morgan fingerprint density at radius 1 is 0.944 bits per heavy atom. The number of nitrogens with one attached hydrogen (secondary N) is 1. The van der Waals surface area contributed by atoms with Gasteiger partial charge in [0, 0.05) is 17.1 Å². The van der Waals surface area contributed by atoms with Crippen LogP contribution in [-0.4, -0.2) is 40.5 Å². The zero-order chi connectivity index (χ0) is 25.1. The van der Waals surface area contributed by atoms with E-state index in [9.17, 15) is 14.7 Å². The number of aliphatic hydroxyl groups excluding tert-OH is 1.